The van der Waals surface area contributed by atoms with Crippen LogP contribution in [0, 0.1) is 12.3 Å². The molecule has 0 bridgehead atoms. The number of ether oxygens (including phenoxy) is 3. The summed E-state index contributed by atoms with van der Waals surface area (Å²) < 4.78 is 17.7. The van der Waals surface area contributed by atoms with Gasteiger partial charge in [0.05, 0.1) is 13.2 Å². The van der Waals surface area contributed by atoms with Crippen molar-refractivity contribution in [3.05, 3.63) is 84.4 Å². The van der Waals surface area contributed by atoms with Crippen LogP contribution in [0.4, 0.5) is 11.4 Å². The molecule has 1 saturated carbocycles. The molecule has 4 aromatic carbocycles. The van der Waals surface area contributed by atoms with Crippen molar-refractivity contribution < 1.29 is 23.8 Å². The number of rotatable bonds is 10. The highest BCUT2D eigenvalue weighted by Gasteiger charge is 2.56. The average Bonchev–Trinajstić information content (AvgIpc) is 3.75. The lowest BCUT2D eigenvalue weighted by molar-refractivity contribution is -0.131. The molecule has 1 fully saturated rings. The van der Waals surface area contributed by atoms with Crippen molar-refractivity contribution in [3.63, 3.8) is 0 Å². The van der Waals surface area contributed by atoms with Crippen LogP contribution in [-0.4, -0.2) is 25.0 Å². The molecule has 4 aromatic rings. The molecule has 2 N–H and O–H groups in total. The molecule has 7 nitrogen and oxygen atoms in total. The van der Waals surface area contributed by atoms with E-state index in [1.54, 1.807) is 24.3 Å². The number of fused-ring (bicyclic) bond motifs is 1. The van der Waals surface area contributed by atoms with Crippen LogP contribution in [0.3, 0.4) is 0 Å². The normalized spacial score (nSPS) is 13.4. The molecule has 1 aliphatic carbocycles. The molecular formula is C32H32N2O5. The predicted octanol–water partition coefficient (Wildman–Crippen LogP) is 7.10. The Kier molecular flexibility index (Phi) is 7.41. The molecule has 7 heteroatoms. The lowest BCUT2D eigenvalue weighted by Crippen LogP contribution is -2.35. The minimum atomic E-state index is -1.04. The lowest BCUT2D eigenvalue weighted by Gasteiger charge is -2.16. The molecule has 0 saturated heterocycles. The van der Waals surface area contributed by atoms with Gasteiger partial charge in [-0.1, -0.05) is 29.8 Å². The molecule has 0 radical (unpaired) electrons. The van der Waals surface area contributed by atoms with Crippen molar-refractivity contribution in [2.75, 3.05) is 23.8 Å². The Morgan fingerprint density at radius 1 is 0.744 bits per heavy atom. The van der Waals surface area contributed by atoms with Gasteiger partial charge in [0.25, 0.3) is 0 Å². The summed E-state index contributed by atoms with van der Waals surface area (Å²) in [6.07, 6.45) is 1.04. The highest BCUT2D eigenvalue weighted by molar-refractivity contribution is 6.16. The number of aryl methyl sites for hydroxylation is 1. The minimum absolute atomic E-state index is 0.279. The fourth-order valence-corrected chi connectivity index (χ4v) is 4.44. The van der Waals surface area contributed by atoms with Crippen molar-refractivity contribution in [3.8, 4) is 23.0 Å². The molecule has 0 aliphatic heterocycles. The van der Waals surface area contributed by atoms with Crippen LogP contribution in [0.25, 0.3) is 10.8 Å². The number of hydrogen-bond acceptors (Lipinski definition) is 5. The van der Waals surface area contributed by atoms with Crippen LogP contribution in [0.1, 0.15) is 32.3 Å². The Bertz CT molecular complexity index is 1490. The summed E-state index contributed by atoms with van der Waals surface area (Å²) in [5.41, 5.74) is 1.34. The van der Waals surface area contributed by atoms with E-state index in [1.165, 1.54) is 0 Å². The molecule has 0 unspecified atom stereocenters. The van der Waals surface area contributed by atoms with Crippen molar-refractivity contribution >= 4 is 34.0 Å². The largest absolute Gasteiger partial charge is 0.490 e. The molecule has 0 spiro atoms. The van der Waals surface area contributed by atoms with Gasteiger partial charge >= 0.3 is 0 Å². The first-order chi connectivity index (χ1) is 18.9. The van der Waals surface area contributed by atoms with E-state index in [9.17, 15) is 9.59 Å². The van der Waals surface area contributed by atoms with E-state index in [0.29, 0.717) is 60.4 Å². The van der Waals surface area contributed by atoms with Crippen molar-refractivity contribution in [1.82, 2.24) is 0 Å². The maximum Gasteiger partial charge on any atom is 0.240 e. The minimum Gasteiger partial charge on any atom is -0.490 e. The van der Waals surface area contributed by atoms with Gasteiger partial charge in [-0.3, -0.25) is 9.59 Å². The summed E-state index contributed by atoms with van der Waals surface area (Å²) >= 11 is 0. The van der Waals surface area contributed by atoms with Crippen LogP contribution >= 0.6 is 0 Å². The maximum absolute atomic E-state index is 13.0. The molecule has 200 valence electrons. The van der Waals surface area contributed by atoms with E-state index in [1.807, 2.05) is 75.4 Å². The highest BCUT2D eigenvalue weighted by atomic mass is 16.5. The number of anilines is 2. The first-order valence-electron chi connectivity index (χ1n) is 13.2. The molecule has 0 aromatic heterocycles. The number of hydrogen-bond donors (Lipinski definition) is 2. The second kappa shape index (κ2) is 11.1. The van der Waals surface area contributed by atoms with Gasteiger partial charge in [0, 0.05) is 16.8 Å². The first-order valence-corrected chi connectivity index (χ1v) is 13.2. The van der Waals surface area contributed by atoms with Crippen LogP contribution < -0.4 is 24.8 Å². The molecular weight excluding hydrogens is 492 g/mol. The number of carbonyl (C=O) groups excluding carboxylic acids is 2. The Balaban J connectivity index is 1.27. The zero-order valence-electron chi connectivity index (χ0n) is 22.4. The summed E-state index contributed by atoms with van der Waals surface area (Å²) in [4.78, 5) is 25.9. The van der Waals surface area contributed by atoms with Crippen LogP contribution in [-0.2, 0) is 9.59 Å². The van der Waals surface area contributed by atoms with Gasteiger partial charge in [-0.25, -0.2) is 0 Å². The van der Waals surface area contributed by atoms with Crippen LogP contribution in [0.2, 0.25) is 0 Å². The zero-order valence-corrected chi connectivity index (χ0v) is 22.4. The van der Waals surface area contributed by atoms with Crippen LogP contribution in [0.15, 0.2) is 78.9 Å². The average molecular weight is 525 g/mol. The van der Waals surface area contributed by atoms with E-state index in [0.717, 1.165) is 16.3 Å². The third-order valence-electron chi connectivity index (χ3n) is 6.77. The molecule has 1 aliphatic rings. The number of nitrogens with one attached hydrogen (secondary N) is 2. The summed E-state index contributed by atoms with van der Waals surface area (Å²) in [5.74, 6) is 2.08. The summed E-state index contributed by atoms with van der Waals surface area (Å²) in [6, 6.07) is 24.4. The predicted molar refractivity (Wildman–Crippen MR) is 153 cm³/mol. The van der Waals surface area contributed by atoms with Gasteiger partial charge in [-0.05, 0) is 93.6 Å². The molecule has 0 atom stereocenters. The van der Waals surface area contributed by atoms with Gasteiger partial charge in [0.15, 0.2) is 11.5 Å². The molecule has 0 heterocycles. The maximum atomic E-state index is 13.0. The van der Waals surface area contributed by atoms with Crippen molar-refractivity contribution in [2.45, 2.75) is 33.6 Å². The molecule has 5 rings (SSSR count). The smallest absolute Gasteiger partial charge is 0.240 e. The van der Waals surface area contributed by atoms with Crippen molar-refractivity contribution in [1.29, 1.82) is 0 Å². The van der Waals surface area contributed by atoms with E-state index < -0.39 is 5.41 Å². The van der Waals surface area contributed by atoms with Crippen LogP contribution in [0.5, 0.6) is 23.0 Å². The van der Waals surface area contributed by atoms with Gasteiger partial charge in [0.1, 0.15) is 16.9 Å². The highest BCUT2D eigenvalue weighted by Crippen LogP contribution is 2.47. The fraction of sp³-hybridized carbons (Fsp3) is 0.250. The molecule has 2 amide bonds. The van der Waals surface area contributed by atoms with Gasteiger partial charge in [0.2, 0.25) is 11.8 Å². The van der Waals surface area contributed by atoms with Crippen molar-refractivity contribution in [2.24, 2.45) is 5.41 Å². The second-order valence-corrected chi connectivity index (χ2v) is 9.63. The van der Waals surface area contributed by atoms with E-state index in [-0.39, 0.29) is 11.8 Å². The standard InChI is InChI=1S/C32H32N2O5/c1-4-37-28-19-22-7-6-8-27(26(22)20-29(28)38-5-2)39-25-15-13-24(14-16-25)34-31(36)32(17-18-32)30(35)33-23-11-9-21(3)10-12-23/h6-16,19-20H,4-5,17-18H2,1-3H3,(H,33,35)(H,34,36). The SMILES string of the molecule is CCOc1cc2cccc(Oc3ccc(NC(=O)C4(C(=O)Nc5ccc(C)cc5)CC4)cc3)c2cc1OCC. The summed E-state index contributed by atoms with van der Waals surface area (Å²) in [5, 5.41) is 7.64. The second-order valence-electron chi connectivity index (χ2n) is 9.63. The Morgan fingerprint density at radius 3 is 1.87 bits per heavy atom. The zero-order chi connectivity index (χ0) is 27.4. The van der Waals surface area contributed by atoms with E-state index in [4.69, 9.17) is 14.2 Å². The van der Waals surface area contributed by atoms with Gasteiger partial charge in [-0.15, -0.1) is 0 Å². The monoisotopic (exact) mass is 524 g/mol. The number of benzene rings is 4. The van der Waals surface area contributed by atoms with Gasteiger partial charge < -0.3 is 24.8 Å². The Labute approximate surface area is 228 Å². The Morgan fingerprint density at radius 2 is 1.31 bits per heavy atom. The van der Waals surface area contributed by atoms with E-state index in [2.05, 4.69) is 10.6 Å². The number of amides is 2. The topological polar surface area (TPSA) is 85.9 Å². The molecule has 39 heavy (non-hydrogen) atoms. The lowest BCUT2D eigenvalue weighted by atomic mass is 10.0. The summed E-state index contributed by atoms with van der Waals surface area (Å²) in [7, 11) is 0. The third kappa shape index (κ3) is 5.67. The third-order valence-corrected chi connectivity index (χ3v) is 6.77. The summed E-state index contributed by atoms with van der Waals surface area (Å²) in [6.45, 7) is 6.93. The Hall–Kier alpha value is -4.52. The number of carbonyl (C=O) groups is 2. The fourth-order valence-electron chi connectivity index (χ4n) is 4.44. The van der Waals surface area contributed by atoms with E-state index >= 15 is 0 Å². The van der Waals surface area contributed by atoms with Gasteiger partial charge in [-0.2, -0.15) is 0 Å². The first kappa shape index (κ1) is 26.1. The quantitative estimate of drug-likeness (QED) is 0.216.